The molecule has 6 nitrogen and oxygen atoms in total. The number of likely N-dealkylation sites (tertiary alicyclic amines) is 1. The Morgan fingerprint density at radius 3 is 2.27 bits per heavy atom. The molecular weight excluding hydrogens is 332 g/mol. The van der Waals surface area contributed by atoms with Gasteiger partial charge in [0.25, 0.3) is 5.91 Å². The Hall–Kier alpha value is -2.24. The third kappa shape index (κ3) is 5.93. The van der Waals surface area contributed by atoms with Gasteiger partial charge in [0.2, 0.25) is 0 Å². The lowest BCUT2D eigenvalue weighted by Gasteiger charge is -2.33. The van der Waals surface area contributed by atoms with E-state index in [1.165, 1.54) is 0 Å². The van der Waals surface area contributed by atoms with Crippen LogP contribution in [0.3, 0.4) is 0 Å². The summed E-state index contributed by atoms with van der Waals surface area (Å²) in [6.45, 7) is 10.7. The van der Waals surface area contributed by atoms with Crippen LogP contribution in [0.2, 0.25) is 0 Å². The van der Waals surface area contributed by atoms with Crippen LogP contribution >= 0.6 is 0 Å². The van der Waals surface area contributed by atoms with Gasteiger partial charge in [-0.2, -0.15) is 0 Å². The number of nitrogens with zero attached hydrogens (tertiary/aromatic N) is 1. The average molecular weight is 362 g/mol. The molecule has 0 aromatic heterocycles. The van der Waals surface area contributed by atoms with E-state index in [9.17, 15) is 9.59 Å². The number of piperidine rings is 1. The zero-order valence-corrected chi connectivity index (χ0v) is 16.4. The first-order valence-corrected chi connectivity index (χ1v) is 9.12. The smallest absolute Gasteiger partial charge is 0.410 e. The lowest BCUT2D eigenvalue weighted by Crippen LogP contribution is -2.48. The summed E-state index contributed by atoms with van der Waals surface area (Å²) in [5, 5.41) is 2.99. The highest BCUT2D eigenvalue weighted by atomic mass is 16.6. The molecule has 1 aromatic carbocycles. The minimum Gasteiger partial charge on any atom is -0.483 e. The minimum atomic E-state index is -0.493. The molecule has 1 aromatic rings. The molecule has 0 atom stereocenters. The summed E-state index contributed by atoms with van der Waals surface area (Å²) in [6, 6.07) is 5.96. The summed E-state index contributed by atoms with van der Waals surface area (Å²) in [5.74, 6) is 0.630. The molecule has 0 radical (unpaired) electrons. The summed E-state index contributed by atoms with van der Waals surface area (Å²) in [7, 11) is 0. The van der Waals surface area contributed by atoms with Crippen molar-refractivity contribution in [3.63, 3.8) is 0 Å². The first kappa shape index (κ1) is 20.1. The second kappa shape index (κ2) is 8.43. The molecule has 2 rings (SSSR count). The third-order valence-electron chi connectivity index (χ3n) is 4.27. The molecule has 0 saturated carbocycles. The van der Waals surface area contributed by atoms with Crippen LogP contribution in [-0.2, 0) is 9.53 Å². The van der Waals surface area contributed by atoms with E-state index < -0.39 is 5.60 Å². The predicted octanol–water partition coefficient (Wildman–Crippen LogP) is 3.20. The summed E-state index contributed by atoms with van der Waals surface area (Å²) in [4.78, 5) is 25.9. The zero-order valence-electron chi connectivity index (χ0n) is 16.4. The van der Waals surface area contributed by atoms with Crippen LogP contribution in [0.15, 0.2) is 18.2 Å². The van der Waals surface area contributed by atoms with Crippen molar-refractivity contribution < 1.29 is 19.1 Å². The molecule has 0 aliphatic carbocycles. The van der Waals surface area contributed by atoms with E-state index in [0.29, 0.717) is 25.9 Å². The first-order valence-electron chi connectivity index (χ1n) is 9.12. The second-order valence-corrected chi connectivity index (χ2v) is 7.82. The van der Waals surface area contributed by atoms with E-state index >= 15 is 0 Å². The van der Waals surface area contributed by atoms with Crippen LogP contribution in [0.25, 0.3) is 0 Å². The number of amides is 2. The molecule has 1 N–H and O–H groups in total. The van der Waals surface area contributed by atoms with Crippen LogP contribution in [0.1, 0.15) is 44.7 Å². The van der Waals surface area contributed by atoms with E-state index in [1.54, 1.807) is 4.90 Å². The van der Waals surface area contributed by atoms with Gasteiger partial charge in [-0.05, 0) is 58.6 Å². The standard InChI is InChI=1S/C20H30N2O4/c1-14-7-6-8-15(2)18(14)25-13-17(23)21-16-9-11-22(12-10-16)19(24)26-20(3,4)5/h6-8,16H,9-13H2,1-5H3,(H,21,23). The number of benzene rings is 1. The number of nitrogens with one attached hydrogen (secondary N) is 1. The molecule has 2 amide bonds. The second-order valence-electron chi connectivity index (χ2n) is 7.82. The Bertz CT molecular complexity index is 623. The maximum Gasteiger partial charge on any atom is 0.410 e. The monoisotopic (exact) mass is 362 g/mol. The SMILES string of the molecule is Cc1cccc(C)c1OCC(=O)NC1CCN(C(=O)OC(C)(C)C)CC1. The van der Waals surface area contributed by atoms with Crippen molar-refractivity contribution in [3.05, 3.63) is 29.3 Å². The van der Waals surface area contributed by atoms with Crippen molar-refractivity contribution in [1.82, 2.24) is 10.2 Å². The molecule has 0 spiro atoms. The molecule has 144 valence electrons. The Labute approximate surface area is 155 Å². The molecule has 1 aliphatic heterocycles. The molecule has 26 heavy (non-hydrogen) atoms. The molecule has 1 heterocycles. The summed E-state index contributed by atoms with van der Waals surface area (Å²) >= 11 is 0. The number of para-hydroxylation sites is 1. The van der Waals surface area contributed by atoms with Gasteiger partial charge in [-0.25, -0.2) is 4.79 Å². The topological polar surface area (TPSA) is 67.9 Å². The van der Waals surface area contributed by atoms with E-state index in [1.807, 2.05) is 52.8 Å². The fourth-order valence-corrected chi connectivity index (χ4v) is 2.97. The number of hydrogen-bond acceptors (Lipinski definition) is 4. The van der Waals surface area contributed by atoms with Crippen molar-refractivity contribution in [2.75, 3.05) is 19.7 Å². The Balaban J connectivity index is 1.75. The maximum atomic E-state index is 12.2. The van der Waals surface area contributed by atoms with Crippen LogP contribution in [-0.4, -0.2) is 48.2 Å². The summed E-state index contributed by atoms with van der Waals surface area (Å²) in [5.41, 5.74) is 1.54. The highest BCUT2D eigenvalue weighted by Gasteiger charge is 2.27. The van der Waals surface area contributed by atoms with Crippen molar-refractivity contribution >= 4 is 12.0 Å². The number of carbonyl (C=O) groups excluding carboxylic acids is 2. The third-order valence-corrected chi connectivity index (χ3v) is 4.27. The van der Waals surface area contributed by atoms with E-state index in [0.717, 1.165) is 16.9 Å². The molecule has 1 fully saturated rings. The number of aryl methyl sites for hydroxylation is 2. The van der Waals surface area contributed by atoms with Crippen molar-refractivity contribution in [2.24, 2.45) is 0 Å². The number of hydrogen-bond donors (Lipinski definition) is 1. The van der Waals surface area contributed by atoms with Gasteiger partial charge in [-0.3, -0.25) is 4.79 Å². The van der Waals surface area contributed by atoms with Gasteiger partial charge in [-0.15, -0.1) is 0 Å². The van der Waals surface area contributed by atoms with Crippen molar-refractivity contribution in [1.29, 1.82) is 0 Å². The maximum absolute atomic E-state index is 12.2. The van der Waals surface area contributed by atoms with Gasteiger partial charge in [-0.1, -0.05) is 18.2 Å². The molecule has 0 bridgehead atoms. The summed E-state index contributed by atoms with van der Waals surface area (Å²) < 4.78 is 11.1. The number of rotatable bonds is 4. The Morgan fingerprint density at radius 1 is 1.15 bits per heavy atom. The van der Waals surface area contributed by atoms with Crippen LogP contribution in [0.4, 0.5) is 4.79 Å². The van der Waals surface area contributed by atoms with Crippen molar-refractivity contribution in [2.45, 2.75) is 59.1 Å². The minimum absolute atomic E-state index is 0.00201. The van der Waals surface area contributed by atoms with E-state index in [2.05, 4.69) is 5.32 Å². The zero-order chi connectivity index (χ0) is 19.3. The van der Waals surface area contributed by atoms with Crippen LogP contribution in [0, 0.1) is 13.8 Å². The van der Waals surface area contributed by atoms with Gasteiger partial charge < -0.3 is 19.7 Å². The highest BCUT2D eigenvalue weighted by Crippen LogP contribution is 2.22. The van der Waals surface area contributed by atoms with Gasteiger partial charge in [0.05, 0.1) is 0 Å². The molecular formula is C20H30N2O4. The fourth-order valence-electron chi connectivity index (χ4n) is 2.97. The Morgan fingerprint density at radius 2 is 1.73 bits per heavy atom. The van der Waals surface area contributed by atoms with Crippen LogP contribution in [0.5, 0.6) is 5.75 Å². The van der Waals surface area contributed by atoms with Gasteiger partial charge in [0, 0.05) is 19.1 Å². The van der Waals surface area contributed by atoms with E-state index in [4.69, 9.17) is 9.47 Å². The fraction of sp³-hybridized carbons (Fsp3) is 0.600. The molecule has 1 saturated heterocycles. The average Bonchev–Trinajstić information content (AvgIpc) is 2.53. The van der Waals surface area contributed by atoms with E-state index in [-0.39, 0.29) is 24.6 Å². The Kier molecular flexibility index (Phi) is 6.51. The van der Waals surface area contributed by atoms with Gasteiger partial charge >= 0.3 is 6.09 Å². The lowest BCUT2D eigenvalue weighted by atomic mass is 10.1. The van der Waals surface area contributed by atoms with Crippen LogP contribution < -0.4 is 10.1 Å². The van der Waals surface area contributed by atoms with Gasteiger partial charge in [0.15, 0.2) is 6.61 Å². The largest absolute Gasteiger partial charge is 0.483 e. The summed E-state index contributed by atoms with van der Waals surface area (Å²) in [6.07, 6.45) is 1.14. The first-order chi connectivity index (χ1) is 12.2. The molecule has 6 heteroatoms. The molecule has 0 unspecified atom stereocenters. The lowest BCUT2D eigenvalue weighted by molar-refractivity contribution is -0.124. The van der Waals surface area contributed by atoms with Crippen molar-refractivity contribution in [3.8, 4) is 5.75 Å². The normalized spacial score (nSPS) is 15.5. The predicted molar refractivity (Wildman–Crippen MR) is 100 cm³/mol. The van der Waals surface area contributed by atoms with Gasteiger partial charge in [0.1, 0.15) is 11.4 Å². The molecule has 1 aliphatic rings. The highest BCUT2D eigenvalue weighted by molar-refractivity contribution is 5.78. The quantitative estimate of drug-likeness (QED) is 0.893. The number of ether oxygens (including phenoxy) is 2. The number of carbonyl (C=O) groups is 2.